The minimum atomic E-state index is -1.09. The van der Waals surface area contributed by atoms with Gasteiger partial charge in [0.05, 0.1) is 11.4 Å². The van der Waals surface area contributed by atoms with Crippen LogP contribution in [0.5, 0.6) is 11.6 Å². The molecule has 4 aliphatic rings. The fraction of sp³-hybridized carbons (Fsp3) is 0.514. The third-order valence-corrected chi connectivity index (χ3v) is 9.95. The van der Waals surface area contributed by atoms with Gasteiger partial charge in [0.25, 0.3) is 0 Å². The number of hydrogen-bond donors (Lipinski definition) is 3. The van der Waals surface area contributed by atoms with Gasteiger partial charge in [-0.3, -0.25) is 0 Å². The molecule has 49 heavy (non-hydrogen) atoms. The molecule has 3 saturated heterocycles. The van der Waals surface area contributed by atoms with Crippen molar-refractivity contribution < 1.29 is 24.5 Å². The second-order valence-corrected chi connectivity index (χ2v) is 14.7. The van der Waals surface area contributed by atoms with Gasteiger partial charge in [-0.15, -0.1) is 10.2 Å². The van der Waals surface area contributed by atoms with E-state index in [-0.39, 0.29) is 23.9 Å². The Morgan fingerprint density at radius 1 is 1.04 bits per heavy atom. The number of anilines is 3. The van der Waals surface area contributed by atoms with Gasteiger partial charge >= 0.3 is 6.09 Å². The van der Waals surface area contributed by atoms with Crippen molar-refractivity contribution in [2.75, 3.05) is 41.7 Å². The number of aromatic nitrogens is 3. The molecule has 12 nitrogen and oxygen atoms in total. The predicted octanol–water partition coefficient (Wildman–Crippen LogP) is 4.61. The number of likely N-dealkylation sites (tertiary alicyclic amines) is 1. The summed E-state index contributed by atoms with van der Waals surface area (Å²) in [7, 11) is 0. The molecule has 2 unspecified atom stereocenters. The summed E-state index contributed by atoms with van der Waals surface area (Å²) < 4.78 is 11.7. The van der Waals surface area contributed by atoms with E-state index in [1.807, 2.05) is 51.2 Å². The van der Waals surface area contributed by atoms with E-state index >= 15 is 0 Å². The van der Waals surface area contributed by atoms with Crippen molar-refractivity contribution in [3.8, 4) is 34.7 Å². The summed E-state index contributed by atoms with van der Waals surface area (Å²) in [6.45, 7) is 7.97. The number of amides is 1. The van der Waals surface area contributed by atoms with Crippen molar-refractivity contribution in [2.45, 2.75) is 88.7 Å². The van der Waals surface area contributed by atoms with Gasteiger partial charge in [-0.05, 0) is 70.7 Å². The van der Waals surface area contributed by atoms with Crippen LogP contribution in [-0.4, -0.2) is 92.0 Å². The highest BCUT2D eigenvalue weighted by Gasteiger charge is 2.41. The van der Waals surface area contributed by atoms with Crippen molar-refractivity contribution in [2.24, 2.45) is 5.92 Å². The molecule has 258 valence electrons. The third-order valence-electron chi connectivity index (χ3n) is 9.95. The predicted molar refractivity (Wildman–Crippen MR) is 186 cm³/mol. The number of aromatic hydroxyl groups is 1. The number of nitrogen functional groups attached to an aromatic ring is 1. The zero-order valence-corrected chi connectivity index (χ0v) is 28.4. The maximum atomic E-state index is 12.4. The first-order valence-electron chi connectivity index (χ1n) is 17.2. The number of rotatable bonds is 5. The first-order chi connectivity index (χ1) is 23.4. The molecular formula is C37H45N7O5. The van der Waals surface area contributed by atoms with E-state index in [1.165, 1.54) is 0 Å². The normalized spacial score (nSPS) is 24.4. The molecule has 1 amide bonds. The van der Waals surface area contributed by atoms with E-state index in [0.29, 0.717) is 61.0 Å². The van der Waals surface area contributed by atoms with Gasteiger partial charge in [0, 0.05) is 80.5 Å². The highest BCUT2D eigenvalue weighted by Crippen LogP contribution is 2.40. The van der Waals surface area contributed by atoms with Gasteiger partial charge in [0.2, 0.25) is 5.88 Å². The zero-order valence-electron chi connectivity index (χ0n) is 28.4. The molecule has 0 radical (unpaired) electrons. The average molecular weight is 668 g/mol. The lowest BCUT2D eigenvalue weighted by molar-refractivity contribution is -0.00537. The zero-order chi connectivity index (χ0) is 34.3. The fourth-order valence-electron chi connectivity index (χ4n) is 7.31. The van der Waals surface area contributed by atoms with Crippen molar-refractivity contribution in [1.82, 2.24) is 20.1 Å². The molecule has 2 bridgehead atoms. The summed E-state index contributed by atoms with van der Waals surface area (Å²) in [5, 5.41) is 29.9. The van der Waals surface area contributed by atoms with Crippen molar-refractivity contribution in [3.63, 3.8) is 0 Å². The topological polar surface area (TPSA) is 150 Å². The number of hydrogen-bond acceptors (Lipinski definition) is 11. The van der Waals surface area contributed by atoms with Crippen molar-refractivity contribution in [1.29, 1.82) is 0 Å². The maximum absolute atomic E-state index is 12.4. The molecule has 5 heterocycles. The number of pyridine rings is 1. The van der Waals surface area contributed by atoms with Crippen LogP contribution in [0.3, 0.4) is 0 Å². The fourth-order valence-corrected chi connectivity index (χ4v) is 7.31. The second-order valence-electron chi connectivity index (χ2n) is 14.7. The lowest BCUT2D eigenvalue weighted by atomic mass is 9.81. The molecule has 4 N–H and O–H groups in total. The number of aliphatic hydroxyl groups is 1. The Morgan fingerprint density at radius 2 is 1.76 bits per heavy atom. The van der Waals surface area contributed by atoms with Gasteiger partial charge in [0.15, 0.2) is 5.82 Å². The Kier molecular flexibility index (Phi) is 8.65. The highest BCUT2D eigenvalue weighted by atomic mass is 16.6. The largest absolute Gasteiger partial charge is 0.507 e. The summed E-state index contributed by atoms with van der Waals surface area (Å²) in [4.78, 5) is 23.3. The second kappa shape index (κ2) is 12.9. The Hall–Kier alpha value is -4.76. The number of piperazine rings is 1. The summed E-state index contributed by atoms with van der Waals surface area (Å²) in [6, 6.07) is 13.7. The first-order valence-corrected chi connectivity index (χ1v) is 17.2. The standard InChI is InChI=1S/C37H45N7O5/c1-36(2,3)49-35(46)42-16-13-37(47,14-17-42)12-10-24-18-28(19-24)48-33-20-25(11-15-39-33)44-26-8-9-27(44)23-43(22-26)31-21-30(40-41-34(31)38)29-6-4-5-7-32(29)45/h4-7,11,15,20-21,24,26-28,45,47H,8-9,13-14,16-19,22-23H2,1-3H3,(H2,38,41)/t24-,26?,27?,28-. The summed E-state index contributed by atoms with van der Waals surface area (Å²) in [5.41, 5.74) is 7.85. The number of para-hydroxylation sites is 1. The van der Waals surface area contributed by atoms with Gasteiger partial charge < -0.3 is 40.1 Å². The third kappa shape index (κ3) is 7.17. The van der Waals surface area contributed by atoms with Gasteiger partial charge in [-0.25, -0.2) is 9.78 Å². The molecule has 1 aromatic carbocycles. The molecule has 3 aromatic rings. The molecule has 2 atom stereocenters. The summed E-state index contributed by atoms with van der Waals surface area (Å²) >= 11 is 0. The van der Waals surface area contributed by atoms with Gasteiger partial charge in [0.1, 0.15) is 23.1 Å². The quantitative estimate of drug-likeness (QED) is 0.328. The van der Waals surface area contributed by atoms with Crippen LogP contribution in [-0.2, 0) is 4.74 Å². The summed E-state index contributed by atoms with van der Waals surface area (Å²) in [6.07, 6.45) is 6.02. The number of carbonyl (C=O) groups is 1. The van der Waals surface area contributed by atoms with Gasteiger partial charge in [-0.1, -0.05) is 24.0 Å². The van der Waals surface area contributed by atoms with Crippen LogP contribution < -0.4 is 20.3 Å². The van der Waals surface area contributed by atoms with Crippen LogP contribution in [0.1, 0.15) is 59.3 Å². The van der Waals surface area contributed by atoms with E-state index in [4.69, 9.17) is 15.2 Å². The number of benzene rings is 1. The molecule has 12 heteroatoms. The smallest absolute Gasteiger partial charge is 0.410 e. The monoisotopic (exact) mass is 667 g/mol. The molecular weight excluding hydrogens is 622 g/mol. The van der Waals surface area contributed by atoms with Crippen LogP contribution in [0.25, 0.3) is 11.3 Å². The molecule has 3 aliphatic heterocycles. The molecule has 1 aliphatic carbocycles. The molecule has 4 fully saturated rings. The molecule has 7 rings (SSSR count). The number of ether oxygens (including phenoxy) is 2. The molecule has 2 aromatic heterocycles. The van der Waals surface area contributed by atoms with E-state index in [9.17, 15) is 15.0 Å². The number of fused-ring (bicyclic) bond motifs is 2. The van der Waals surface area contributed by atoms with Crippen molar-refractivity contribution >= 4 is 23.3 Å². The SMILES string of the molecule is CC(C)(C)OC(=O)N1CCC(O)(C#C[C@H]2C[C@H](Oc3cc(N4C5CCC4CN(c4cc(-c6ccccc6O)nnc4N)C5)ccn3)C2)CC1. The number of carbonyl (C=O) groups excluding carboxylic acids is 1. The van der Waals surface area contributed by atoms with Crippen LogP contribution in [0, 0.1) is 17.8 Å². The lowest BCUT2D eigenvalue weighted by Crippen LogP contribution is -2.54. The van der Waals surface area contributed by atoms with E-state index in [1.54, 1.807) is 17.0 Å². The Balaban J connectivity index is 0.931. The number of piperidine rings is 1. The van der Waals surface area contributed by atoms with Crippen LogP contribution in [0.2, 0.25) is 0 Å². The Bertz CT molecular complexity index is 1740. The van der Waals surface area contributed by atoms with Crippen LogP contribution >= 0.6 is 0 Å². The number of nitrogens with two attached hydrogens (primary N) is 1. The Morgan fingerprint density at radius 3 is 2.45 bits per heavy atom. The maximum Gasteiger partial charge on any atom is 0.410 e. The first kappa shape index (κ1) is 32.8. The molecule has 0 spiro atoms. The van der Waals surface area contributed by atoms with Crippen molar-refractivity contribution in [3.05, 3.63) is 48.7 Å². The average Bonchev–Trinajstić information content (AvgIpc) is 3.31. The number of nitrogens with zero attached hydrogens (tertiary/aromatic N) is 6. The number of phenolic OH excluding ortho intramolecular Hbond substituents is 1. The van der Waals surface area contributed by atoms with Crippen LogP contribution in [0.4, 0.5) is 22.0 Å². The van der Waals surface area contributed by atoms with Gasteiger partial charge in [-0.2, -0.15) is 0 Å². The lowest BCUT2D eigenvalue weighted by Gasteiger charge is -2.43. The van der Waals surface area contributed by atoms with E-state index in [0.717, 1.165) is 50.1 Å². The highest BCUT2D eigenvalue weighted by molar-refractivity contribution is 5.74. The summed E-state index contributed by atoms with van der Waals surface area (Å²) in [5.74, 6) is 7.69. The van der Waals surface area contributed by atoms with E-state index < -0.39 is 11.2 Å². The molecule has 1 saturated carbocycles. The van der Waals surface area contributed by atoms with Crippen LogP contribution in [0.15, 0.2) is 48.7 Å². The minimum Gasteiger partial charge on any atom is -0.507 e. The Labute approximate surface area is 287 Å². The number of phenols is 1. The minimum absolute atomic E-state index is 0.0275. The van der Waals surface area contributed by atoms with E-state index in [2.05, 4.69) is 42.9 Å².